The first kappa shape index (κ1) is 16.5. The Kier molecular flexibility index (Phi) is 5.80. The molecule has 1 N–H and O–H groups in total. The summed E-state index contributed by atoms with van der Waals surface area (Å²) in [6, 6.07) is 4.92. The number of aromatic nitrogens is 1. The average Bonchev–Trinajstić information content (AvgIpc) is 2.89. The van der Waals surface area contributed by atoms with Crippen LogP contribution in [0.2, 0.25) is 0 Å². The van der Waals surface area contributed by atoms with E-state index in [1.54, 1.807) is 0 Å². The topological polar surface area (TPSA) is 24.9 Å². The summed E-state index contributed by atoms with van der Waals surface area (Å²) in [6.07, 6.45) is 10.1. The van der Waals surface area contributed by atoms with Gasteiger partial charge < -0.3 is 5.32 Å². The number of hydrogen-bond donors (Lipinski definition) is 1. The molecule has 0 saturated heterocycles. The lowest BCUT2D eigenvalue weighted by Crippen LogP contribution is -2.38. The molecule has 1 aromatic heterocycles. The predicted octanol–water partition coefficient (Wildman–Crippen LogP) is 5.04. The van der Waals surface area contributed by atoms with Crippen molar-refractivity contribution in [3.05, 3.63) is 29.6 Å². The van der Waals surface area contributed by atoms with Crippen LogP contribution in [-0.2, 0) is 0 Å². The van der Waals surface area contributed by atoms with Crippen molar-refractivity contribution in [1.29, 1.82) is 0 Å². The van der Waals surface area contributed by atoms with Gasteiger partial charge in [0.25, 0.3) is 0 Å². The van der Waals surface area contributed by atoms with Crippen LogP contribution in [-0.4, -0.2) is 11.5 Å². The number of aryl methyl sites for hydroxylation is 1. The van der Waals surface area contributed by atoms with Crippen molar-refractivity contribution in [3.63, 3.8) is 0 Å². The zero-order valence-corrected chi connectivity index (χ0v) is 14.3. The zero-order valence-electron chi connectivity index (χ0n) is 14.3. The minimum Gasteiger partial charge on any atom is -0.309 e. The predicted molar refractivity (Wildman–Crippen MR) is 90.4 cm³/mol. The van der Waals surface area contributed by atoms with Gasteiger partial charge in [-0.25, -0.2) is 0 Å². The van der Waals surface area contributed by atoms with Gasteiger partial charge in [0, 0.05) is 17.9 Å². The molecule has 1 heterocycles. The molecule has 0 spiro atoms. The summed E-state index contributed by atoms with van der Waals surface area (Å²) in [7, 11) is 0. The van der Waals surface area contributed by atoms with Crippen molar-refractivity contribution in [2.75, 3.05) is 6.54 Å². The van der Waals surface area contributed by atoms with Gasteiger partial charge in [0.1, 0.15) is 0 Å². The molecule has 1 aromatic rings. The number of nitrogens with zero attached hydrogens (tertiary/aromatic N) is 1. The van der Waals surface area contributed by atoms with E-state index >= 15 is 0 Å². The minimum atomic E-state index is 0.431. The van der Waals surface area contributed by atoms with Gasteiger partial charge in [0.2, 0.25) is 0 Å². The summed E-state index contributed by atoms with van der Waals surface area (Å²) >= 11 is 0. The van der Waals surface area contributed by atoms with Gasteiger partial charge in [-0.05, 0) is 62.1 Å². The van der Waals surface area contributed by atoms with E-state index in [4.69, 9.17) is 0 Å². The van der Waals surface area contributed by atoms with E-state index in [-0.39, 0.29) is 0 Å². The molecule has 118 valence electrons. The summed E-state index contributed by atoms with van der Waals surface area (Å²) in [5.74, 6) is 0.757. The van der Waals surface area contributed by atoms with E-state index in [1.165, 1.54) is 44.1 Å². The summed E-state index contributed by atoms with van der Waals surface area (Å²) in [5, 5.41) is 3.85. The van der Waals surface area contributed by atoms with Crippen LogP contribution in [0.5, 0.6) is 0 Å². The fourth-order valence-electron chi connectivity index (χ4n) is 4.13. The second-order valence-electron chi connectivity index (χ2n) is 7.29. The second kappa shape index (κ2) is 7.40. The number of pyridine rings is 1. The fourth-order valence-corrected chi connectivity index (χ4v) is 4.13. The highest BCUT2D eigenvalue weighted by atomic mass is 14.9. The maximum Gasteiger partial charge on any atom is 0.0392 e. The van der Waals surface area contributed by atoms with Gasteiger partial charge >= 0.3 is 0 Å². The molecule has 1 aliphatic rings. The molecule has 1 saturated carbocycles. The lowest BCUT2D eigenvalue weighted by Gasteiger charge is -2.40. The molecule has 1 aliphatic carbocycles. The van der Waals surface area contributed by atoms with Crippen molar-refractivity contribution in [3.8, 4) is 0 Å². The maximum atomic E-state index is 4.55. The second-order valence-corrected chi connectivity index (χ2v) is 7.29. The Balaban J connectivity index is 2.29. The van der Waals surface area contributed by atoms with Crippen LogP contribution in [0.15, 0.2) is 18.3 Å². The SMILES string of the molecule is CCCNC(c1ccc(C)nc1)C1(CC(C)C)CCCC1. The zero-order chi connectivity index (χ0) is 15.3. The molecule has 0 aliphatic heterocycles. The van der Waals surface area contributed by atoms with E-state index in [9.17, 15) is 0 Å². The normalized spacial score (nSPS) is 19.1. The van der Waals surface area contributed by atoms with E-state index in [1.807, 2.05) is 0 Å². The van der Waals surface area contributed by atoms with Crippen molar-refractivity contribution >= 4 is 0 Å². The molecule has 0 amide bonds. The molecule has 0 aromatic carbocycles. The molecule has 21 heavy (non-hydrogen) atoms. The molecule has 1 unspecified atom stereocenters. The van der Waals surface area contributed by atoms with Crippen LogP contribution in [0.4, 0.5) is 0 Å². The first-order chi connectivity index (χ1) is 10.1. The third-order valence-electron chi connectivity index (χ3n) is 4.89. The van der Waals surface area contributed by atoms with Crippen molar-refractivity contribution in [1.82, 2.24) is 10.3 Å². The molecule has 1 fully saturated rings. The van der Waals surface area contributed by atoms with Crippen LogP contribution in [0.3, 0.4) is 0 Å². The van der Waals surface area contributed by atoms with Crippen LogP contribution in [0.1, 0.15) is 76.6 Å². The number of nitrogens with one attached hydrogen (secondary N) is 1. The highest BCUT2D eigenvalue weighted by Crippen LogP contribution is 2.51. The number of rotatable bonds is 7. The summed E-state index contributed by atoms with van der Waals surface area (Å²) < 4.78 is 0. The largest absolute Gasteiger partial charge is 0.309 e. The lowest BCUT2D eigenvalue weighted by atomic mass is 9.70. The van der Waals surface area contributed by atoms with Gasteiger partial charge in [-0.1, -0.05) is 39.7 Å². The maximum absolute atomic E-state index is 4.55. The molecule has 2 rings (SSSR count). The standard InChI is InChI=1S/C19H32N2/c1-5-12-20-18(17-9-8-16(4)21-14-17)19(13-15(2)3)10-6-7-11-19/h8-9,14-15,18,20H,5-7,10-13H2,1-4H3. The molecular formula is C19H32N2. The Bertz CT molecular complexity index is 416. The third kappa shape index (κ3) is 4.06. The van der Waals surface area contributed by atoms with Gasteiger partial charge in [0.05, 0.1) is 0 Å². The van der Waals surface area contributed by atoms with Crippen molar-refractivity contribution in [2.24, 2.45) is 11.3 Å². The van der Waals surface area contributed by atoms with Crippen LogP contribution in [0.25, 0.3) is 0 Å². The molecule has 2 nitrogen and oxygen atoms in total. The van der Waals surface area contributed by atoms with E-state index in [0.29, 0.717) is 11.5 Å². The van der Waals surface area contributed by atoms with Gasteiger partial charge in [-0.2, -0.15) is 0 Å². The first-order valence-corrected chi connectivity index (χ1v) is 8.73. The molecule has 1 atom stereocenters. The fraction of sp³-hybridized carbons (Fsp3) is 0.737. The monoisotopic (exact) mass is 288 g/mol. The Labute approximate surface area is 130 Å². The van der Waals surface area contributed by atoms with Crippen LogP contribution >= 0.6 is 0 Å². The van der Waals surface area contributed by atoms with Gasteiger partial charge in [0.15, 0.2) is 0 Å². The summed E-state index contributed by atoms with van der Waals surface area (Å²) in [6.45, 7) is 10.1. The summed E-state index contributed by atoms with van der Waals surface area (Å²) in [5.41, 5.74) is 2.93. The Hall–Kier alpha value is -0.890. The Morgan fingerprint density at radius 2 is 1.95 bits per heavy atom. The van der Waals surface area contributed by atoms with Gasteiger partial charge in [-0.15, -0.1) is 0 Å². The highest BCUT2D eigenvalue weighted by Gasteiger charge is 2.42. The lowest BCUT2D eigenvalue weighted by molar-refractivity contribution is 0.155. The first-order valence-electron chi connectivity index (χ1n) is 8.73. The molecule has 2 heteroatoms. The molecule has 0 bridgehead atoms. The van der Waals surface area contributed by atoms with E-state index in [2.05, 4.69) is 56.3 Å². The van der Waals surface area contributed by atoms with E-state index in [0.717, 1.165) is 18.2 Å². The van der Waals surface area contributed by atoms with Crippen molar-refractivity contribution < 1.29 is 0 Å². The summed E-state index contributed by atoms with van der Waals surface area (Å²) in [4.78, 5) is 4.55. The average molecular weight is 288 g/mol. The highest BCUT2D eigenvalue weighted by molar-refractivity contribution is 5.21. The molecule has 0 radical (unpaired) electrons. The quantitative estimate of drug-likeness (QED) is 0.760. The minimum absolute atomic E-state index is 0.431. The Morgan fingerprint density at radius 3 is 2.48 bits per heavy atom. The van der Waals surface area contributed by atoms with Gasteiger partial charge in [-0.3, -0.25) is 4.98 Å². The smallest absolute Gasteiger partial charge is 0.0392 e. The number of hydrogen-bond acceptors (Lipinski definition) is 2. The van der Waals surface area contributed by atoms with Crippen LogP contribution in [0, 0.1) is 18.3 Å². The molecular weight excluding hydrogens is 256 g/mol. The van der Waals surface area contributed by atoms with E-state index < -0.39 is 0 Å². The van der Waals surface area contributed by atoms with Crippen LogP contribution < -0.4 is 5.32 Å². The Morgan fingerprint density at radius 1 is 1.24 bits per heavy atom. The van der Waals surface area contributed by atoms with Crippen molar-refractivity contribution in [2.45, 2.75) is 72.3 Å². The third-order valence-corrected chi connectivity index (χ3v) is 4.89.